The van der Waals surface area contributed by atoms with Gasteiger partial charge in [-0.15, -0.1) is 0 Å². The molecule has 6 heteroatoms. The van der Waals surface area contributed by atoms with Crippen molar-refractivity contribution in [2.75, 3.05) is 13.2 Å². The number of allylic oxidation sites excluding steroid dienone is 30. The van der Waals surface area contributed by atoms with Crippen molar-refractivity contribution in [1.82, 2.24) is 0 Å². The van der Waals surface area contributed by atoms with E-state index in [9.17, 15) is 14.4 Å². The van der Waals surface area contributed by atoms with Crippen LogP contribution in [0.15, 0.2) is 194 Å². The molecule has 0 aromatic carbocycles. The van der Waals surface area contributed by atoms with Gasteiger partial charge in [-0.1, -0.05) is 279 Å². The molecule has 0 rings (SSSR count). The average Bonchev–Trinajstić information content (AvgIpc) is 3.45. The summed E-state index contributed by atoms with van der Waals surface area (Å²) in [5.41, 5.74) is 0. The van der Waals surface area contributed by atoms with Crippen LogP contribution in [-0.2, 0) is 28.6 Å². The zero-order valence-corrected chi connectivity index (χ0v) is 50.0. The first-order valence-electron chi connectivity index (χ1n) is 30.9. The number of unbranched alkanes of at least 4 members (excludes halogenated alkanes) is 12. The van der Waals surface area contributed by atoms with Crippen molar-refractivity contribution >= 4 is 17.9 Å². The highest BCUT2D eigenvalue weighted by molar-refractivity contribution is 5.72. The predicted octanol–water partition coefficient (Wildman–Crippen LogP) is 21.4. The topological polar surface area (TPSA) is 78.9 Å². The number of rotatable bonds is 53. The smallest absolute Gasteiger partial charge is 0.310 e. The molecule has 0 aliphatic carbocycles. The second-order valence-electron chi connectivity index (χ2n) is 19.5. The molecule has 0 saturated heterocycles. The lowest BCUT2D eigenvalue weighted by molar-refractivity contribution is -0.166. The molecule has 0 saturated carbocycles. The minimum Gasteiger partial charge on any atom is -0.462 e. The Hall–Kier alpha value is -5.75. The standard InChI is InChI=1S/C73H110O6/c1-4-7-10-13-16-19-22-25-28-29-30-31-32-33-34-35-36-37-38-39-40-41-42-43-46-48-51-54-57-60-63-66-72(75)78-69-70(79-73(76)67-64-61-58-55-52-49-45-27-24-21-18-15-12-9-6-3)68-77-71(74)65-62-59-56-53-50-47-44-26-23-20-17-14-11-8-5-2/h7-12,16-21,25-28,30-31,33-34,36-37,44-45,50,52-53,55,59,61-62,64,70H,4-6,13-15,22-24,29,32,35,38-43,46-49,51,54,56-58,60,63,65-69H2,1-3H3/b10-7-,11-8-,12-9-,19-16-,20-17-,21-18-,28-25-,31-30-,34-33-,37-36-,44-26-,45-27-,53-50-,55-52-,62-59-,64-61-. The van der Waals surface area contributed by atoms with Gasteiger partial charge >= 0.3 is 17.9 Å². The van der Waals surface area contributed by atoms with Gasteiger partial charge in [-0.3, -0.25) is 14.4 Å². The Morgan fingerprint density at radius 2 is 0.506 bits per heavy atom. The van der Waals surface area contributed by atoms with E-state index >= 15 is 0 Å². The van der Waals surface area contributed by atoms with Crippen molar-refractivity contribution in [3.63, 3.8) is 0 Å². The van der Waals surface area contributed by atoms with Crippen LogP contribution in [0.25, 0.3) is 0 Å². The highest BCUT2D eigenvalue weighted by atomic mass is 16.6. The fraction of sp³-hybridized carbons (Fsp3) is 0.521. The molecule has 0 radical (unpaired) electrons. The largest absolute Gasteiger partial charge is 0.462 e. The molecule has 0 spiro atoms. The number of hydrogen-bond donors (Lipinski definition) is 0. The maximum atomic E-state index is 12.8. The molecule has 1 atom stereocenters. The second kappa shape index (κ2) is 64.8. The van der Waals surface area contributed by atoms with Crippen LogP contribution >= 0.6 is 0 Å². The van der Waals surface area contributed by atoms with Gasteiger partial charge in [0.1, 0.15) is 13.2 Å². The van der Waals surface area contributed by atoms with Gasteiger partial charge in [0.25, 0.3) is 0 Å². The Labute approximate surface area is 484 Å². The number of ether oxygens (including phenoxy) is 3. The Balaban J connectivity index is 4.42. The number of esters is 3. The molecule has 438 valence electrons. The minimum atomic E-state index is -0.884. The minimum absolute atomic E-state index is 0.0677. The van der Waals surface area contributed by atoms with Crippen molar-refractivity contribution in [2.24, 2.45) is 0 Å². The van der Waals surface area contributed by atoms with Crippen LogP contribution in [0.3, 0.4) is 0 Å². The first kappa shape index (κ1) is 73.2. The van der Waals surface area contributed by atoms with E-state index in [1.807, 2.05) is 12.2 Å². The van der Waals surface area contributed by atoms with E-state index in [2.05, 4.69) is 191 Å². The Morgan fingerprint density at radius 1 is 0.266 bits per heavy atom. The predicted molar refractivity (Wildman–Crippen MR) is 343 cm³/mol. The normalized spacial score (nSPS) is 13.5. The molecular weight excluding hydrogens is 973 g/mol. The van der Waals surface area contributed by atoms with E-state index < -0.39 is 18.0 Å². The third-order valence-electron chi connectivity index (χ3n) is 12.1. The maximum Gasteiger partial charge on any atom is 0.310 e. The van der Waals surface area contributed by atoms with E-state index in [1.165, 1.54) is 64.2 Å². The Morgan fingerprint density at radius 3 is 0.823 bits per heavy atom. The van der Waals surface area contributed by atoms with E-state index in [-0.39, 0.29) is 32.0 Å². The lowest BCUT2D eigenvalue weighted by Crippen LogP contribution is -2.30. The zero-order valence-electron chi connectivity index (χ0n) is 50.0. The Bertz CT molecular complexity index is 1920. The summed E-state index contributed by atoms with van der Waals surface area (Å²) in [6.45, 7) is 6.10. The summed E-state index contributed by atoms with van der Waals surface area (Å²) in [6.07, 6.45) is 99.2. The second-order valence-corrected chi connectivity index (χ2v) is 19.5. The van der Waals surface area contributed by atoms with Gasteiger partial charge in [0.2, 0.25) is 0 Å². The van der Waals surface area contributed by atoms with Crippen LogP contribution in [0, 0.1) is 0 Å². The van der Waals surface area contributed by atoms with Crippen molar-refractivity contribution in [2.45, 2.75) is 232 Å². The fourth-order valence-corrected chi connectivity index (χ4v) is 7.65. The van der Waals surface area contributed by atoms with Crippen LogP contribution in [0.5, 0.6) is 0 Å². The van der Waals surface area contributed by atoms with E-state index in [4.69, 9.17) is 14.2 Å². The van der Waals surface area contributed by atoms with Crippen LogP contribution in [-0.4, -0.2) is 37.2 Å². The Kier molecular flexibility index (Phi) is 60.1. The summed E-state index contributed by atoms with van der Waals surface area (Å²) in [5.74, 6) is -1.24. The summed E-state index contributed by atoms with van der Waals surface area (Å²) in [5, 5.41) is 0. The first-order valence-corrected chi connectivity index (χ1v) is 30.9. The summed E-state index contributed by atoms with van der Waals surface area (Å²) in [4.78, 5) is 38.1. The summed E-state index contributed by atoms with van der Waals surface area (Å²) in [6, 6.07) is 0. The van der Waals surface area contributed by atoms with E-state index in [0.29, 0.717) is 19.3 Å². The summed E-state index contributed by atoms with van der Waals surface area (Å²) in [7, 11) is 0. The number of carbonyl (C=O) groups is 3. The van der Waals surface area contributed by atoms with Gasteiger partial charge < -0.3 is 14.2 Å². The van der Waals surface area contributed by atoms with Gasteiger partial charge in [-0.05, 0) is 122 Å². The van der Waals surface area contributed by atoms with Crippen LogP contribution in [0.2, 0.25) is 0 Å². The molecule has 0 N–H and O–H groups in total. The molecule has 6 nitrogen and oxygen atoms in total. The van der Waals surface area contributed by atoms with Gasteiger partial charge in [0.15, 0.2) is 6.10 Å². The quantitative estimate of drug-likeness (QED) is 0.0261. The highest BCUT2D eigenvalue weighted by Gasteiger charge is 2.19. The van der Waals surface area contributed by atoms with Gasteiger partial charge in [0.05, 0.1) is 12.8 Å². The molecule has 0 aliphatic rings. The van der Waals surface area contributed by atoms with Crippen molar-refractivity contribution in [3.05, 3.63) is 194 Å². The molecule has 0 amide bonds. The summed E-state index contributed by atoms with van der Waals surface area (Å²) >= 11 is 0. The molecule has 1 unspecified atom stereocenters. The van der Waals surface area contributed by atoms with Gasteiger partial charge in [-0.25, -0.2) is 0 Å². The molecular formula is C73H110O6. The van der Waals surface area contributed by atoms with E-state index in [0.717, 1.165) is 109 Å². The maximum absolute atomic E-state index is 12.8. The van der Waals surface area contributed by atoms with Crippen molar-refractivity contribution < 1.29 is 28.6 Å². The number of carbonyl (C=O) groups excluding carboxylic acids is 3. The first-order chi connectivity index (χ1) is 39.0. The third-order valence-corrected chi connectivity index (χ3v) is 12.1. The number of hydrogen-bond acceptors (Lipinski definition) is 6. The third kappa shape index (κ3) is 63.0. The van der Waals surface area contributed by atoms with Crippen LogP contribution in [0.1, 0.15) is 226 Å². The van der Waals surface area contributed by atoms with Crippen molar-refractivity contribution in [1.29, 1.82) is 0 Å². The fourth-order valence-electron chi connectivity index (χ4n) is 7.65. The SMILES string of the molecule is CC/C=C\C/C=C\C/C=C\C/C=C\C/C=C\C/C=C\CCCCCCCCCCCCCCC(=O)OCC(COC(=O)C/C=C\C/C=C\C/C=C\C/C=C\C/C=C\CC)OC(=O)C/C=C\C/C=C\C/C=C\C/C=C\C/C=C\CC. The monoisotopic (exact) mass is 1080 g/mol. The molecule has 79 heavy (non-hydrogen) atoms. The van der Waals surface area contributed by atoms with Crippen LogP contribution < -0.4 is 0 Å². The molecule has 0 aliphatic heterocycles. The molecule has 0 heterocycles. The lowest BCUT2D eigenvalue weighted by atomic mass is 10.0. The molecule has 0 bridgehead atoms. The molecule has 0 fully saturated rings. The molecule has 0 aromatic heterocycles. The van der Waals surface area contributed by atoms with Crippen LogP contribution in [0.4, 0.5) is 0 Å². The van der Waals surface area contributed by atoms with Gasteiger partial charge in [0, 0.05) is 6.42 Å². The summed E-state index contributed by atoms with van der Waals surface area (Å²) < 4.78 is 16.6. The highest BCUT2D eigenvalue weighted by Crippen LogP contribution is 2.14. The lowest BCUT2D eigenvalue weighted by Gasteiger charge is -2.17. The molecule has 0 aromatic rings. The van der Waals surface area contributed by atoms with Gasteiger partial charge in [-0.2, -0.15) is 0 Å². The average molecular weight is 1080 g/mol. The zero-order chi connectivity index (χ0) is 57.1. The van der Waals surface area contributed by atoms with Crippen molar-refractivity contribution in [3.8, 4) is 0 Å². The van der Waals surface area contributed by atoms with E-state index in [1.54, 1.807) is 12.2 Å².